The Bertz CT molecular complexity index is 561. The molecule has 7 heteroatoms. The van der Waals surface area contributed by atoms with Gasteiger partial charge in [-0.2, -0.15) is 0 Å². The summed E-state index contributed by atoms with van der Waals surface area (Å²) in [5, 5.41) is 10.9. The first-order valence-corrected chi connectivity index (χ1v) is 11.5. The van der Waals surface area contributed by atoms with Gasteiger partial charge in [-0.3, -0.25) is 10.1 Å². The van der Waals surface area contributed by atoms with Crippen molar-refractivity contribution in [2.75, 3.05) is 24.6 Å². The lowest BCUT2D eigenvalue weighted by atomic mass is 9.98. The Hall–Kier alpha value is -1.47. The Balaban J connectivity index is 1.84. The maximum atomic E-state index is 10.7. The van der Waals surface area contributed by atoms with Crippen LogP contribution in [0.1, 0.15) is 33.6 Å². The second-order valence-electron chi connectivity index (χ2n) is 8.13. The number of aromatic nitrogens is 1. The lowest BCUT2D eigenvalue weighted by molar-refractivity contribution is -0.385. The molecule has 0 radical (unpaired) electrons. The molecule has 0 atom stereocenters. The molecule has 0 N–H and O–H groups in total. The van der Waals surface area contributed by atoms with Gasteiger partial charge in [0.05, 0.1) is 4.92 Å². The van der Waals surface area contributed by atoms with Crippen LogP contribution in [0.2, 0.25) is 18.1 Å². The van der Waals surface area contributed by atoms with E-state index in [1.54, 1.807) is 6.07 Å². The minimum absolute atomic E-state index is 0.0383. The van der Waals surface area contributed by atoms with Gasteiger partial charge >= 0.3 is 0 Å². The van der Waals surface area contributed by atoms with Crippen LogP contribution in [0.3, 0.4) is 0 Å². The molecule has 1 saturated heterocycles. The molecule has 0 bridgehead atoms. The molecule has 1 aromatic rings. The summed E-state index contributed by atoms with van der Waals surface area (Å²) in [6, 6.07) is 3.26. The van der Waals surface area contributed by atoms with Gasteiger partial charge in [0.15, 0.2) is 8.32 Å². The van der Waals surface area contributed by atoms with E-state index in [9.17, 15) is 10.1 Å². The number of anilines is 1. The first kappa shape index (κ1) is 18.9. The van der Waals surface area contributed by atoms with E-state index in [4.69, 9.17) is 4.43 Å². The summed E-state index contributed by atoms with van der Waals surface area (Å²) >= 11 is 0. The van der Waals surface area contributed by atoms with Crippen molar-refractivity contribution in [2.45, 2.75) is 51.7 Å². The van der Waals surface area contributed by atoms with Gasteiger partial charge in [0, 0.05) is 25.8 Å². The zero-order valence-electron chi connectivity index (χ0n) is 15.4. The van der Waals surface area contributed by atoms with Crippen LogP contribution in [0.5, 0.6) is 0 Å². The fourth-order valence-electron chi connectivity index (χ4n) is 2.54. The number of hydrogen-bond acceptors (Lipinski definition) is 5. The Morgan fingerprint density at radius 3 is 2.42 bits per heavy atom. The second-order valence-corrected chi connectivity index (χ2v) is 12.9. The van der Waals surface area contributed by atoms with E-state index in [0.717, 1.165) is 38.4 Å². The van der Waals surface area contributed by atoms with E-state index in [0.29, 0.717) is 5.92 Å². The predicted molar refractivity (Wildman–Crippen MR) is 99.0 cm³/mol. The summed E-state index contributed by atoms with van der Waals surface area (Å²) < 4.78 is 6.35. The SMILES string of the molecule is CC(C)(C)[Si](C)(C)OCC1CCN(c2ccc([N+](=O)[O-])cn2)CC1. The van der Waals surface area contributed by atoms with Crippen LogP contribution in [0.25, 0.3) is 0 Å². The molecule has 0 amide bonds. The average molecular weight is 352 g/mol. The highest BCUT2D eigenvalue weighted by molar-refractivity contribution is 6.74. The first-order chi connectivity index (χ1) is 11.1. The quantitative estimate of drug-likeness (QED) is 0.451. The van der Waals surface area contributed by atoms with Crippen molar-refractivity contribution in [1.82, 2.24) is 4.98 Å². The highest BCUT2D eigenvalue weighted by atomic mass is 28.4. The molecule has 0 unspecified atom stereocenters. The summed E-state index contributed by atoms with van der Waals surface area (Å²) in [7, 11) is -1.68. The Kier molecular flexibility index (Phi) is 5.65. The number of pyridine rings is 1. The normalized spacial score (nSPS) is 17.1. The zero-order valence-corrected chi connectivity index (χ0v) is 16.4. The van der Waals surface area contributed by atoms with Gasteiger partial charge in [-0.05, 0) is 43.0 Å². The summed E-state index contributed by atoms with van der Waals surface area (Å²) in [6.45, 7) is 14.1. The lowest BCUT2D eigenvalue weighted by Gasteiger charge is -2.39. The lowest BCUT2D eigenvalue weighted by Crippen LogP contribution is -2.43. The highest BCUT2D eigenvalue weighted by Crippen LogP contribution is 2.37. The molecule has 0 aromatic carbocycles. The number of hydrogen-bond donors (Lipinski definition) is 0. The molecule has 2 rings (SSSR count). The summed E-state index contributed by atoms with van der Waals surface area (Å²) in [6.07, 6.45) is 3.49. The van der Waals surface area contributed by atoms with Crippen LogP contribution in [-0.4, -0.2) is 37.9 Å². The van der Waals surface area contributed by atoms with E-state index >= 15 is 0 Å². The van der Waals surface area contributed by atoms with Crippen LogP contribution in [0.4, 0.5) is 11.5 Å². The number of rotatable bonds is 5. The molecule has 1 aliphatic rings. The summed E-state index contributed by atoms with van der Waals surface area (Å²) in [5.74, 6) is 1.41. The zero-order chi connectivity index (χ0) is 18.0. The van der Waals surface area contributed by atoms with Crippen LogP contribution < -0.4 is 4.90 Å². The van der Waals surface area contributed by atoms with Crippen molar-refractivity contribution in [3.05, 3.63) is 28.4 Å². The number of nitro groups is 1. The van der Waals surface area contributed by atoms with Gasteiger partial charge in [0.25, 0.3) is 5.69 Å². The first-order valence-electron chi connectivity index (χ1n) is 8.59. The largest absolute Gasteiger partial charge is 0.417 e. The van der Waals surface area contributed by atoms with Gasteiger partial charge in [-0.15, -0.1) is 0 Å². The molecular weight excluding hydrogens is 322 g/mol. The van der Waals surface area contributed by atoms with Crippen LogP contribution >= 0.6 is 0 Å². The molecule has 0 aliphatic carbocycles. The number of nitrogens with zero attached hydrogens (tertiary/aromatic N) is 3. The third-order valence-electron chi connectivity index (χ3n) is 5.37. The second kappa shape index (κ2) is 7.19. The molecule has 1 aliphatic heterocycles. The van der Waals surface area contributed by atoms with Gasteiger partial charge in [0.1, 0.15) is 12.0 Å². The maximum absolute atomic E-state index is 10.7. The van der Waals surface area contributed by atoms with Crippen molar-refractivity contribution < 1.29 is 9.35 Å². The molecule has 24 heavy (non-hydrogen) atoms. The Morgan fingerprint density at radius 1 is 1.33 bits per heavy atom. The Labute approximate surface area is 145 Å². The van der Waals surface area contributed by atoms with Crippen molar-refractivity contribution in [2.24, 2.45) is 5.92 Å². The standard InChI is InChI=1S/C17H29N3O3Si/c1-17(2,3)24(4,5)23-13-14-8-10-19(11-9-14)16-7-6-15(12-18-16)20(21)22/h6-7,12,14H,8-11,13H2,1-5H3. The highest BCUT2D eigenvalue weighted by Gasteiger charge is 2.37. The van der Waals surface area contributed by atoms with E-state index in [-0.39, 0.29) is 10.7 Å². The molecule has 0 saturated carbocycles. The topological polar surface area (TPSA) is 68.5 Å². The average Bonchev–Trinajstić information content (AvgIpc) is 2.52. The van der Waals surface area contributed by atoms with Crippen molar-refractivity contribution in [1.29, 1.82) is 0 Å². The van der Waals surface area contributed by atoms with Crippen molar-refractivity contribution in [3.8, 4) is 0 Å². The van der Waals surface area contributed by atoms with Crippen LogP contribution in [0, 0.1) is 16.0 Å². The third kappa shape index (κ3) is 4.54. The van der Waals surface area contributed by atoms with E-state index < -0.39 is 13.2 Å². The minimum Gasteiger partial charge on any atom is -0.417 e. The van der Waals surface area contributed by atoms with Crippen LogP contribution in [0.15, 0.2) is 18.3 Å². The third-order valence-corrected chi connectivity index (χ3v) is 9.87. The summed E-state index contributed by atoms with van der Waals surface area (Å²) in [4.78, 5) is 16.7. The van der Waals surface area contributed by atoms with Gasteiger partial charge in [-0.1, -0.05) is 20.8 Å². The van der Waals surface area contributed by atoms with Gasteiger partial charge in [0.2, 0.25) is 0 Å². The molecule has 2 heterocycles. The molecule has 6 nitrogen and oxygen atoms in total. The fraction of sp³-hybridized carbons (Fsp3) is 0.706. The maximum Gasteiger partial charge on any atom is 0.287 e. The molecule has 0 spiro atoms. The Morgan fingerprint density at radius 2 is 1.96 bits per heavy atom. The van der Waals surface area contributed by atoms with Gasteiger partial charge < -0.3 is 9.33 Å². The fourth-order valence-corrected chi connectivity index (χ4v) is 3.63. The molecule has 134 valence electrons. The van der Waals surface area contributed by atoms with Crippen LogP contribution in [-0.2, 0) is 4.43 Å². The molecule has 1 aromatic heterocycles. The molecule has 1 fully saturated rings. The molecular formula is C17H29N3O3Si. The van der Waals surface area contributed by atoms with E-state index in [1.165, 1.54) is 12.3 Å². The van der Waals surface area contributed by atoms with Crippen molar-refractivity contribution >= 4 is 19.8 Å². The van der Waals surface area contributed by atoms with E-state index in [2.05, 4.69) is 43.7 Å². The number of piperidine rings is 1. The minimum atomic E-state index is -1.68. The van der Waals surface area contributed by atoms with Crippen molar-refractivity contribution in [3.63, 3.8) is 0 Å². The monoisotopic (exact) mass is 351 g/mol. The predicted octanol–water partition coefficient (Wildman–Crippen LogP) is 4.23. The van der Waals surface area contributed by atoms with Gasteiger partial charge in [-0.25, -0.2) is 4.98 Å². The van der Waals surface area contributed by atoms with E-state index in [1.807, 2.05) is 0 Å². The smallest absolute Gasteiger partial charge is 0.287 e. The summed E-state index contributed by atoms with van der Waals surface area (Å²) in [5.41, 5.74) is 0.0383.